The highest BCUT2D eigenvalue weighted by Gasteiger charge is 2.07. The van der Waals surface area contributed by atoms with Gasteiger partial charge in [0.2, 0.25) is 0 Å². The fourth-order valence-electron chi connectivity index (χ4n) is 1.56. The van der Waals surface area contributed by atoms with Gasteiger partial charge in [-0.3, -0.25) is 4.68 Å². The highest BCUT2D eigenvalue weighted by Crippen LogP contribution is 2.10. The van der Waals surface area contributed by atoms with Gasteiger partial charge in [-0.15, -0.1) is 5.10 Å². The molecule has 2 heterocycles. The van der Waals surface area contributed by atoms with Gasteiger partial charge in [-0.05, 0) is 13.5 Å². The summed E-state index contributed by atoms with van der Waals surface area (Å²) in [6, 6.07) is 0. The Bertz CT molecular complexity index is 469. The predicted octanol–water partition coefficient (Wildman–Crippen LogP) is 0.419. The second kappa shape index (κ2) is 4.44. The summed E-state index contributed by atoms with van der Waals surface area (Å²) in [5.74, 6) is 0. The molecule has 0 aliphatic rings. The standard InChI is InChI=1S/C10H16N6/c1-4-11-5-9-6-16(14-12-9)10-7-15(3)13-8(10)2/h6-7,11H,4-5H2,1-3H3. The normalized spacial score (nSPS) is 10.9. The van der Waals surface area contributed by atoms with Gasteiger partial charge in [0.05, 0.1) is 23.8 Å². The van der Waals surface area contributed by atoms with Gasteiger partial charge in [0.25, 0.3) is 0 Å². The molecule has 1 N–H and O–H groups in total. The van der Waals surface area contributed by atoms with Crippen LogP contribution in [0.4, 0.5) is 0 Å². The van der Waals surface area contributed by atoms with Crippen molar-refractivity contribution in [3.63, 3.8) is 0 Å². The smallest absolute Gasteiger partial charge is 0.107 e. The maximum Gasteiger partial charge on any atom is 0.107 e. The summed E-state index contributed by atoms with van der Waals surface area (Å²) in [6.45, 7) is 5.70. The number of hydrogen-bond donors (Lipinski definition) is 1. The summed E-state index contributed by atoms with van der Waals surface area (Å²) >= 11 is 0. The first-order valence-electron chi connectivity index (χ1n) is 5.33. The summed E-state index contributed by atoms with van der Waals surface area (Å²) in [7, 11) is 1.90. The Morgan fingerprint density at radius 1 is 1.38 bits per heavy atom. The van der Waals surface area contributed by atoms with Crippen LogP contribution >= 0.6 is 0 Å². The zero-order valence-corrected chi connectivity index (χ0v) is 9.80. The van der Waals surface area contributed by atoms with Crippen LogP contribution in [0, 0.1) is 6.92 Å². The summed E-state index contributed by atoms with van der Waals surface area (Å²) in [6.07, 6.45) is 3.85. The van der Waals surface area contributed by atoms with Crippen molar-refractivity contribution < 1.29 is 0 Å². The molecule has 0 radical (unpaired) electrons. The molecule has 0 aliphatic carbocycles. The lowest BCUT2D eigenvalue weighted by Gasteiger charge is -1.95. The van der Waals surface area contributed by atoms with Crippen molar-refractivity contribution >= 4 is 0 Å². The van der Waals surface area contributed by atoms with Gasteiger partial charge in [-0.25, -0.2) is 4.68 Å². The van der Waals surface area contributed by atoms with E-state index in [0.717, 1.165) is 30.2 Å². The maximum atomic E-state index is 4.27. The Morgan fingerprint density at radius 3 is 2.81 bits per heavy atom. The first kappa shape index (κ1) is 10.8. The molecule has 2 aromatic heterocycles. The van der Waals surface area contributed by atoms with E-state index < -0.39 is 0 Å². The topological polar surface area (TPSA) is 60.6 Å². The molecule has 2 rings (SSSR count). The predicted molar refractivity (Wildman–Crippen MR) is 60.2 cm³/mol. The third kappa shape index (κ3) is 2.11. The molecule has 0 fully saturated rings. The van der Waals surface area contributed by atoms with Crippen LogP contribution in [0.1, 0.15) is 18.3 Å². The van der Waals surface area contributed by atoms with Crippen molar-refractivity contribution in [1.82, 2.24) is 30.1 Å². The van der Waals surface area contributed by atoms with Crippen LogP contribution in [0.5, 0.6) is 0 Å². The van der Waals surface area contributed by atoms with Crippen molar-refractivity contribution in [3.05, 3.63) is 23.8 Å². The Balaban J connectivity index is 2.21. The largest absolute Gasteiger partial charge is 0.311 e. The SMILES string of the molecule is CCNCc1cn(-c2cn(C)nc2C)nn1. The fourth-order valence-corrected chi connectivity index (χ4v) is 1.56. The molecule has 0 amide bonds. The van der Waals surface area contributed by atoms with Crippen molar-refractivity contribution in [2.45, 2.75) is 20.4 Å². The van der Waals surface area contributed by atoms with E-state index in [-0.39, 0.29) is 0 Å². The third-order valence-electron chi connectivity index (χ3n) is 2.33. The second-order valence-corrected chi connectivity index (χ2v) is 3.71. The lowest BCUT2D eigenvalue weighted by molar-refractivity contribution is 0.705. The average molecular weight is 220 g/mol. The molecule has 0 saturated carbocycles. The van der Waals surface area contributed by atoms with Gasteiger partial charge in [0, 0.05) is 13.6 Å². The third-order valence-corrected chi connectivity index (χ3v) is 2.33. The van der Waals surface area contributed by atoms with Gasteiger partial charge >= 0.3 is 0 Å². The van der Waals surface area contributed by atoms with Gasteiger partial charge in [0.15, 0.2) is 0 Å². The molecule has 0 spiro atoms. The summed E-state index contributed by atoms with van der Waals surface area (Å²) in [5.41, 5.74) is 2.85. The van der Waals surface area contributed by atoms with Crippen LogP contribution in [0.3, 0.4) is 0 Å². The van der Waals surface area contributed by atoms with Crippen LogP contribution in [0.15, 0.2) is 12.4 Å². The molecule has 0 saturated heterocycles. The Morgan fingerprint density at radius 2 is 2.19 bits per heavy atom. The van der Waals surface area contributed by atoms with E-state index >= 15 is 0 Å². The van der Waals surface area contributed by atoms with Gasteiger partial charge in [-0.2, -0.15) is 5.10 Å². The molecule has 86 valence electrons. The lowest BCUT2D eigenvalue weighted by atomic mass is 10.4. The molecule has 0 atom stereocenters. The minimum atomic E-state index is 0.746. The molecule has 6 nitrogen and oxygen atoms in total. The Kier molecular flexibility index (Phi) is 3.00. The van der Waals surface area contributed by atoms with Crippen LogP contribution in [-0.4, -0.2) is 31.3 Å². The minimum Gasteiger partial charge on any atom is -0.311 e. The summed E-state index contributed by atoms with van der Waals surface area (Å²) in [4.78, 5) is 0. The zero-order valence-electron chi connectivity index (χ0n) is 9.80. The van der Waals surface area contributed by atoms with Gasteiger partial charge in [-0.1, -0.05) is 12.1 Å². The molecule has 6 heteroatoms. The van der Waals surface area contributed by atoms with E-state index in [1.54, 1.807) is 9.36 Å². The lowest BCUT2D eigenvalue weighted by Crippen LogP contribution is -2.11. The van der Waals surface area contributed by atoms with E-state index in [1.165, 1.54) is 0 Å². The van der Waals surface area contributed by atoms with Crippen molar-refractivity contribution in [3.8, 4) is 5.69 Å². The highest BCUT2D eigenvalue weighted by molar-refractivity contribution is 5.32. The fraction of sp³-hybridized carbons (Fsp3) is 0.500. The van der Waals surface area contributed by atoms with Crippen molar-refractivity contribution in [2.24, 2.45) is 7.05 Å². The van der Waals surface area contributed by atoms with Gasteiger partial charge < -0.3 is 5.32 Å². The molecule has 16 heavy (non-hydrogen) atoms. The number of rotatable bonds is 4. The average Bonchev–Trinajstić information content (AvgIpc) is 2.82. The molecule has 0 aliphatic heterocycles. The molecule has 0 aromatic carbocycles. The van der Waals surface area contributed by atoms with Crippen LogP contribution in [-0.2, 0) is 13.6 Å². The highest BCUT2D eigenvalue weighted by atomic mass is 15.4. The number of nitrogens with zero attached hydrogens (tertiary/aromatic N) is 5. The monoisotopic (exact) mass is 220 g/mol. The quantitative estimate of drug-likeness (QED) is 0.811. The van der Waals surface area contributed by atoms with E-state index in [1.807, 2.05) is 26.4 Å². The number of aryl methyl sites for hydroxylation is 2. The second-order valence-electron chi connectivity index (χ2n) is 3.71. The molecule has 0 unspecified atom stereocenters. The molecular weight excluding hydrogens is 204 g/mol. The molecule has 0 bridgehead atoms. The van der Waals surface area contributed by atoms with E-state index in [9.17, 15) is 0 Å². The van der Waals surface area contributed by atoms with E-state index in [4.69, 9.17) is 0 Å². The van der Waals surface area contributed by atoms with E-state index in [0.29, 0.717) is 0 Å². The Hall–Kier alpha value is -1.69. The van der Waals surface area contributed by atoms with Crippen LogP contribution in [0.2, 0.25) is 0 Å². The summed E-state index contributed by atoms with van der Waals surface area (Å²) in [5, 5.41) is 15.7. The molecular formula is C10H16N6. The van der Waals surface area contributed by atoms with Crippen molar-refractivity contribution in [2.75, 3.05) is 6.54 Å². The minimum absolute atomic E-state index is 0.746. The van der Waals surface area contributed by atoms with E-state index in [2.05, 4.69) is 27.7 Å². The van der Waals surface area contributed by atoms with Crippen LogP contribution in [0.25, 0.3) is 5.69 Å². The van der Waals surface area contributed by atoms with Crippen LogP contribution < -0.4 is 5.32 Å². The summed E-state index contributed by atoms with van der Waals surface area (Å²) < 4.78 is 3.53. The van der Waals surface area contributed by atoms with Crippen molar-refractivity contribution in [1.29, 1.82) is 0 Å². The van der Waals surface area contributed by atoms with Gasteiger partial charge in [0.1, 0.15) is 5.69 Å². The number of nitrogens with one attached hydrogen (secondary N) is 1. The zero-order chi connectivity index (χ0) is 11.5. The first-order chi connectivity index (χ1) is 7.70. The number of hydrogen-bond acceptors (Lipinski definition) is 4. The Labute approximate surface area is 94.3 Å². The molecule has 2 aromatic rings. The first-order valence-corrected chi connectivity index (χ1v) is 5.33. The maximum absolute atomic E-state index is 4.27. The number of aromatic nitrogens is 5.